The fourth-order valence-electron chi connectivity index (χ4n) is 4.35. The van der Waals surface area contributed by atoms with E-state index in [-0.39, 0.29) is 7.43 Å². The molecule has 6 nitrogen and oxygen atoms in total. The number of rotatable bonds is 8. The van der Waals surface area contributed by atoms with Gasteiger partial charge in [-0.25, -0.2) is 0 Å². The normalized spacial score (nSPS) is 19.4. The van der Waals surface area contributed by atoms with Gasteiger partial charge in [-0.05, 0) is 51.6 Å². The van der Waals surface area contributed by atoms with Gasteiger partial charge in [0.05, 0.1) is 6.54 Å². The number of nitrogens with zero attached hydrogens (tertiary/aromatic N) is 5. The Balaban J connectivity index is 0.00000341. The van der Waals surface area contributed by atoms with Crippen LogP contribution in [0.25, 0.3) is 0 Å². The van der Waals surface area contributed by atoms with E-state index in [0.29, 0.717) is 18.5 Å². The maximum Gasteiger partial charge on any atom is 0.236 e. The zero-order chi connectivity index (χ0) is 21.5. The minimum Gasteiger partial charge on any atom is -0.369 e. The second-order valence-electron chi connectivity index (χ2n) is 9.16. The van der Waals surface area contributed by atoms with Gasteiger partial charge in [-0.15, -0.1) is 0 Å². The van der Waals surface area contributed by atoms with Gasteiger partial charge in [-0.3, -0.25) is 14.6 Å². The summed E-state index contributed by atoms with van der Waals surface area (Å²) >= 11 is 0. The van der Waals surface area contributed by atoms with Crippen molar-refractivity contribution in [1.82, 2.24) is 19.6 Å². The second kappa shape index (κ2) is 12.4. The Hall–Kier alpha value is -1.63. The highest BCUT2D eigenvalue weighted by molar-refractivity contribution is 5.78. The van der Waals surface area contributed by atoms with E-state index >= 15 is 0 Å². The summed E-state index contributed by atoms with van der Waals surface area (Å²) in [5.41, 5.74) is 2.70. The second-order valence-corrected chi connectivity index (χ2v) is 9.16. The Kier molecular flexibility index (Phi) is 10.3. The summed E-state index contributed by atoms with van der Waals surface area (Å²) in [4.78, 5) is 24.3. The van der Waals surface area contributed by atoms with E-state index in [1.807, 2.05) is 0 Å². The SMILES string of the molecule is C.CCC(C)N1CCN(C(=O)CN2CCN(c3ccc(CCN(C)C)cc3)CC2)CC1. The van der Waals surface area contributed by atoms with Gasteiger partial charge in [0.25, 0.3) is 0 Å². The molecule has 0 N–H and O–H groups in total. The summed E-state index contributed by atoms with van der Waals surface area (Å²) in [5.74, 6) is 0.303. The third-order valence-corrected chi connectivity index (χ3v) is 6.76. The molecule has 1 aromatic carbocycles. The Morgan fingerprint density at radius 3 is 2.13 bits per heavy atom. The van der Waals surface area contributed by atoms with Crippen LogP contribution in [0.2, 0.25) is 0 Å². The van der Waals surface area contributed by atoms with Crippen molar-refractivity contribution < 1.29 is 4.79 Å². The number of hydrogen-bond acceptors (Lipinski definition) is 5. The van der Waals surface area contributed by atoms with E-state index in [4.69, 9.17) is 0 Å². The van der Waals surface area contributed by atoms with Crippen molar-refractivity contribution in [2.75, 3.05) is 84.4 Å². The first-order valence-corrected chi connectivity index (χ1v) is 11.7. The van der Waals surface area contributed by atoms with Gasteiger partial charge in [0.2, 0.25) is 5.91 Å². The molecule has 31 heavy (non-hydrogen) atoms. The number of amides is 1. The molecular weight excluding hydrogens is 386 g/mol. The van der Waals surface area contributed by atoms with Gasteiger partial charge in [-0.2, -0.15) is 0 Å². The first kappa shape index (κ1) is 25.6. The summed E-state index contributed by atoms with van der Waals surface area (Å²) in [6.45, 7) is 13.9. The number of anilines is 1. The molecule has 3 rings (SSSR count). The molecule has 6 heteroatoms. The van der Waals surface area contributed by atoms with E-state index in [1.54, 1.807) is 0 Å². The van der Waals surface area contributed by atoms with Crippen LogP contribution in [0.5, 0.6) is 0 Å². The molecule has 0 spiro atoms. The predicted octanol–water partition coefficient (Wildman–Crippen LogP) is 2.49. The van der Waals surface area contributed by atoms with Gasteiger partial charge in [0.1, 0.15) is 0 Å². The van der Waals surface area contributed by atoms with Crippen molar-refractivity contribution in [3.05, 3.63) is 29.8 Å². The minimum absolute atomic E-state index is 0. The maximum absolute atomic E-state index is 12.8. The molecule has 2 aliphatic heterocycles. The number of likely N-dealkylation sites (N-methyl/N-ethyl adjacent to an activating group) is 1. The standard InChI is InChI=1S/C24H41N5O.CH4/c1-5-21(2)27-16-18-29(19-17-27)24(30)20-26-12-14-28(15-13-26)23-8-6-22(7-9-23)10-11-25(3)4;/h6-9,21H,5,10-20H2,1-4H3;1H4. The number of benzene rings is 1. The smallest absolute Gasteiger partial charge is 0.236 e. The molecular formula is C25H45N5O. The lowest BCUT2D eigenvalue weighted by Crippen LogP contribution is -2.55. The molecule has 0 bridgehead atoms. The van der Waals surface area contributed by atoms with Crippen LogP contribution in [0.3, 0.4) is 0 Å². The van der Waals surface area contributed by atoms with E-state index in [2.05, 4.69) is 76.7 Å². The molecule has 0 saturated carbocycles. The Morgan fingerprint density at radius 1 is 0.968 bits per heavy atom. The molecule has 0 aromatic heterocycles. The lowest BCUT2D eigenvalue weighted by atomic mass is 10.1. The van der Waals surface area contributed by atoms with E-state index in [1.165, 1.54) is 17.7 Å². The maximum atomic E-state index is 12.8. The van der Waals surface area contributed by atoms with Crippen LogP contribution in [0.4, 0.5) is 5.69 Å². The number of piperazine rings is 2. The number of hydrogen-bond donors (Lipinski definition) is 0. The highest BCUT2D eigenvalue weighted by Gasteiger charge is 2.26. The molecule has 1 amide bonds. The van der Waals surface area contributed by atoms with Crippen molar-refractivity contribution in [2.45, 2.75) is 40.2 Å². The Morgan fingerprint density at radius 2 is 1.58 bits per heavy atom. The van der Waals surface area contributed by atoms with Gasteiger partial charge >= 0.3 is 0 Å². The quantitative estimate of drug-likeness (QED) is 0.632. The first-order valence-electron chi connectivity index (χ1n) is 11.7. The summed E-state index contributed by atoms with van der Waals surface area (Å²) in [6.07, 6.45) is 2.27. The van der Waals surface area contributed by atoms with Crippen LogP contribution in [0.15, 0.2) is 24.3 Å². The van der Waals surface area contributed by atoms with Crippen LogP contribution >= 0.6 is 0 Å². The fraction of sp³-hybridized carbons (Fsp3) is 0.720. The van der Waals surface area contributed by atoms with E-state index < -0.39 is 0 Å². The molecule has 0 aliphatic carbocycles. The topological polar surface area (TPSA) is 33.3 Å². The van der Waals surface area contributed by atoms with Gasteiger partial charge in [0, 0.05) is 70.6 Å². The Bertz CT molecular complexity index is 646. The average molecular weight is 432 g/mol. The highest BCUT2D eigenvalue weighted by atomic mass is 16.2. The number of carbonyl (C=O) groups is 1. The third-order valence-electron chi connectivity index (χ3n) is 6.76. The average Bonchev–Trinajstić information content (AvgIpc) is 2.78. The molecule has 2 fully saturated rings. The van der Waals surface area contributed by atoms with E-state index in [9.17, 15) is 4.79 Å². The van der Waals surface area contributed by atoms with Gasteiger partial charge in [0.15, 0.2) is 0 Å². The molecule has 1 unspecified atom stereocenters. The molecule has 2 aliphatic rings. The summed E-state index contributed by atoms with van der Waals surface area (Å²) in [7, 11) is 4.23. The molecule has 1 atom stereocenters. The molecule has 2 saturated heterocycles. The van der Waals surface area contributed by atoms with Crippen molar-refractivity contribution in [2.24, 2.45) is 0 Å². The largest absolute Gasteiger partial charge is 0.369 e. The Labute approximate surface area is 190 Å². The summed E-state index contributed by atoms with van der Waals surface area (Å²) in [5, 5.41) is 0. The zero-order valence-corrected chi connectivity index (χ0v) is 19.5. The fourth-order valence-corrected chi connectivity index (χ4v) is 4.35. The van der Waals surface area contributed by atoms with Gasteiger partial charge in [-0.1, -0.05) is 26.5 Å². The summed E-state index contributed by atoms with van der Waals surface area (Å²) < 4.78 is 0. The van der Waals surface area contributed by atoms with Gasteiger partial charge < -0.3 is 14.7 Å². The first-order chi connectivity index (χ1) is 14.5. The van der Waals surface area contributed by atoms with Crippen LogP contribution in [-0.4, -0.2) is 111 Å². The molecule has 176 valence electrons. The van der Waals surface area contributed by atoms with Crippen molar-refractivity contribution in [3.63, 3.8) is 0 Å². The summed E-state index contributed by atoms with van der Waals surface area (Å²) in [6, 6.07) is 9.64. The minimum atomic E-state index is 0. The lowest BCUT2D eigenvalue weighted by Gasteiger charge is -2.40. The lowest BCUT2D eigenvalue weighted by molar-refractivity contribution is -0.134. The van der Waals surface area contributed by atoms with Crippen LogP contribution < -0.4 is 4.90 Å². The van der Waals surface area contributed by atoms with Crippen LogP contribution in [-0.2, 0) is 11.2 Å². The molecule has 2 heterocycles. The third kappa shape index (κ3) is 7.48. The highest BCUT2D eigenvalue weighted by Crippen LogP contribution is 2.18. The van der Waals surface area contributed by atoms with Crippen molar-refractivity contribution in [3.8, 4) is 0 Å². The molecule has 0 radical (unpaired) electrons. The zero-order valence-electron chi connectivity index (χ0n) is 19.5. The van der Waals surface area contributed by atoms with Crippen LogP contribution in [0, 0.1) is 0 Å². The van der Waals surface area contributed by atoms with E-state index in [0.717, 1.165) is 65.3 Å². The van der Waals surface area contributed by atoms with Crippen molar-refractivity contribution in [1.29, 1.82) is 0 Å². The molecule has 1 aromatic rings. The monoisotopic (exact) mass is 431 g/mol. The van der Waals surface area contributed by atoms with Crippen LogP contribution in [0.1, 0.15) is 33.3 Å². The van der Waals surface area contributed by atoms with Crippen molar-refractivity contribution >= 4 is 11.6 Å². The predicted molar refractivity (Wildman–Crippen MR) is 132 cm³/mol. The number of carbonyl (C=O) groups excluding carboxylic acids is 1.